The molecule has 0 aliphatic carbocycles. The number of likely N-dealkylation sites (N-methyl/N-ethyl adjacent to an activating group) is 1. The SMILES string of the molecule is COc1c(C)cc2c(c1O)[C@@H]1[C@@H]3[C@@H]4SCC(N)C(=O)OCC(c5c(O)c(OC)c(C)c(OC(C)=O)c54)N3[C@@H](O)[C@H](C2)N1C. The summed E-state index contributed by atoms with van der Waals surface area (Å²) in [4.78, 5) is 29.2. The van der Waals surface area contributed by atoms with Crippen LogP contribution in [0.2, 0.25) is 0 Å². The zero-order valence-corrected chi connectivity index (χ0v) is 25.7. The van der Waals surface area contributed by atoms with Crippen LogP contribution in [0, 0.1) is 13.8 Å². The second kappa shape index (κ2) is 10.7. The summed E-state index contributed by atoms with van der Waals surface area (Å²) in [5, 5.41) is 34.9. The predicted octanol–water partition coefficient (Wildman–Crippen LogP) is 1.97. The van der Waals surface area contributed by atoms with Gasteiger partial charge in [-0.3, -0.25) is 19.4 Å². The largest absolute Gasteiger partial charge is 0.504 e. The number of piperazine rings is 1. The molecule has 2 unspecified atom stereocenters. The van der Waals surface area contributed by atoms with Crippen LogP contribution < -0.4 is 19.9 Å². The highest BCUT2D eigenvalue weighted by Crippen LogP contribution is 2.63. The topological polar surface area (TPSA) is 164 Å². The minimum Gasteiger partial charge on any atom is -0.504 e. The summed E-state index contributed by atoms with van der Waals surface area (Å²) in [6.07, 6.45) is -0.615. The van der Waals surface area contributed by atoms with Crippen molar-refractivity contribution in [3.63, 3.8) is 0 Å². The molecular formula is C30H37N3O9S. The lowest BCUT2D eigenvalue weighted by Crippen LogP contribution is -2.69. The number of nitrogens with zero attached hydrogens (tertiary/aromatic N) is 2. The van der Waals surface area contributed by atoms with Crippen LogP contribution in [0.4, 0.5) is 0 Å². The van der Waals surface area contributed by atoms with E-state index in [0.29, 0.717) is 34.4 Å². The number of aryl methyl sites for hydroxylation is 1. The molecule has 4 heterocycles. The molecule has 2 aromatic carbocycles. The van der Waals surface area contributed by atoms with Crippen molar-refractivity contribution in [2.45, 2.75) is 68.9 Å². The second-order valence-corrected chi connectivity index (χ2v) is 12.8. The first kappa shape index (κ1) is 29.8. The van der Waals surface area contributed by atoms with Crippen LogP contribution in [0.15, 0.2) is 6.07 Å². The fourth-order valence-corrected chi connectivity index (χ4v) is 9.03. The molecule has 232 valence electrons. The average Bonchev–Trinajstić information content (AvgIpc) is 2.95. The minimum atomic E-state index is -1.05. The van der Waals surface area contributed by atoms with Gasteiger partial charge in [-0.2, -0.15) is 0 Å². The number of phenolic OH excluding ortho intramolecular Hbond substituents is 2. The number of carbonyl (C=O) groups is 2. The highest BCUT2D eigenvalue weighted by atomic mass is 32.2. The molecule has 0 radical (unpaired) electrons. The number of phenols is 2. The van der Waals surface area contributed by atoms with E-state index < -0.39 is 47.6 Å². The summed E-state index contributed by atoms with van der Waals surface area (Å²) in [5.41, 5.74) is 9.92. The van der Waals surface area contributed by atoms with E-state index in [1.807, 2.05) is 24.9 Å². The Morgan fingerprint density at radius 3 is 2.42 bits per heavy atom. The number of hydrogen-bond donors (Lipinski definition) is 4. The molecule has 4 bridgehead atoms. The summed E-state index contributed by atoms with van der Waals surface area (Å²) in [7, 11) is 4.84. The van der Waals surface area contributed by atoms with Gasteiger partial charge in [-0.1, -0.05) is 6.07 Å². The van der Waals surface area contributed by atoms with Gasteiger partial charge in [-0.15, -0.1) is 11.8 Å². The quantitative estimate of drug-likeness (QED) is 0.293. The van der Waals surface area contributed by atoms with Crippen molar-refractivity contribution in [1.82, 2.24) is 9.80 Å². The molecule has 0 spiro atoms. The molecule has 6 rings (SSSR count). The first-order chi connectivity index (χ1) is 20.4. The van der Waals surface area contributed by atoms with Gasteiger partial charge in [-0.25, -0.2) is 0 Å². The van der Waals surface area contributed by atoms with E-state index in [9.17, 15) is 24.9 Å². The fourth-order valence-electron chi connectivity index (χ4n) is 7.60. The van der Waals surface area contributed by atoms with Crippen molar-refractivity contribution in [3.05, 3.63) is 39.4 Å². The van der Waals surface area contributed by atoms with E-state index >= 15 is 0 Å². The third-order valence-corrected chi connectivity index (χ3v) is 10.8. The predicted molar refractivity (Wildman–Crippen MR) is 157 cm³/mol. The van der Waals surface area contributed by atoms with Crippen LogP contribution in [0.3, 0.4) is 0 Å². The number of thioether (sulfide) groups is 1. The smallest absolute Gasteiger partial charge is 0.323 e. The molecule has 0 saturated carbocycles. The number of esters is 2. The standard InChI is InChI=1S/C30H37N3O9S/c1-11-7-14-8-16-29(37)33-17-9-41-30(38)15(31)10-43-28(22(33)21(32(16)4)18(14)23(35)25(11)39-5)20-19(17)24(36)27(40-6)12(2)26(20)42-13(3)34/h7,15-17,21-22,28-29,35-37H,8-10,31H2,1-6H3/t15?,16-,17?,21+,22+,28+,29-/m0/s1. The minimum absolute atomic E-state index is 0.0272. The van der Waals surface area contributed by atoms with E-state index in [-0.39, 0.29) is 41.4 Å². The maximum Gasteiger partial charge on any atom is 0.323 e. The number of aliphatic hydroxyl groups is 1. The van der Waals surface area contributed by atoms with Crippen LogP contribution in [0.25, 0.3) is 0 Å². The lowest BCUT2D eigenvalue weighted by Gasteiger charge is -2.62. The second-order valence-electron chi connectivity index (χ2n) is 11.6. The number of aromatic hydroxyl groups is 2. The Bertz CT molecular complexity index is 1520. The van der Waals surface area contributed by atoms with Gasteiger partial charge in [-0.05, 0) is 38.4 Å². The molecule has 0 aromatic heterocycles. The number of aliphatic hydroxyl groups excluding tert-OH is 1. The van der Waals surface area contributed by atoms with E-state index in [4.69, 9.17) is 24.7 Å². The molecular weight excluding hydrogens is 578 g/mol. The lowest BCUT2D eigenvalue weighted by atomic mass is 9.73. The van der Waals surface area contributed by atoms with Gasteiger partial charge in [0.1, 0.15) is 24.6 Å². The fraction of sp³-hybridized carbons (Fsp3) is 0.533. The zero-order chi connectivity index (χ0) is 31.1. The highest BCUT2D eigenvalue weighted by Gasteiger charge is 2.60. The zero-order valence-electron chi connectivity index (χ0n) is 24.9. The third kappa shape index (κ3) is 4.27. The van der Waals surface area contributed by atoms with Crippen LogP contribution in [0.5, 0.6) is 28.7 Å². The summed E-state index contributed by atoms with van der Waals surface area (Å²) in [5.74, 6) is -0.431. The number of rotatable bonds is 3. The first-order valence-electron chi connectivity index (χ1n) is 14.1. The van der Waals surface area contributed by atoms with Crippen molar-refractivity contribution < 1.29 is 43.9 Å². The van der Waals surface area contributed by atoms with Crippen LogP contribution >= 0.6 is 11.8 Å². The van der Waals surface area contributed by atoms with Crippen molar-refractivity contribution >= 4 is 23.7 Å². The molecule has 2 fully saturated rings. The van der Waals surface area contributed by atoms with Crippen molar-refractivity contribution in [1.29, 1.82) is 0 Å². The Balaban J connectivity index is 1.69. The molecule has 12 nitrogen and oxygen atoms in total. The third-order valence-electron chi connectivity index (χ3n) is 9.34. The molecule has 43 heavy (non-hydrogen) atoms. The maximum absolute atomic E-state index is 12.8. The molecule has 5 N–H and O–H groups in total. The molecule has 2 aromatic rings. The van der Waals surface area contributed by atoms with Gasteiger partial charge in [0.2, 0.25) is 0 Å². The summed E-state index contributed by atoms with van der Waals surface area (Å²) in [6, 6.07) is -1.22. The number of nitrogens with two attached hydrogens (primary N) is 1. The molecule has 4 aliphatic heterocycles. The number of benzene rings is 2. The van der Waals surface area contributed by atoms with Crippen LogP contribution in [0.1, 0.15) is 57.6 Å². The number of cyclic esters (lactones) is 1. The van der Waals surface area contributed by atoms with Gasteiger partial charge in [0.25, 0.3) is 0 Å². The number of fused-ring (bicyclic) bond motifs is 7. The first-order valence-corrected chi connectivity index (χ1v) is 15.2. The summed E-state index contributed by atoms with van der Waals surface area (Å²) < 4.78 is 22.7. The van der Waals surface area contributed by atoms with Crippen LogP contribution in [-0.4, -0.2) is 95.0 Å². The van der Waals surface area contributed by atoms with E-state index in [0.717, 1.165) is 11.1 Å². The Hall–Kier alpha value is -3.23. The van der Waals surface area contributed by atoms with Gasteiger partial charge in [0.15, 0.2) is 23.0 Å². The van der Waals surface area contributed by atoms with Crippen LogP contribution in [-0.2, 0) is 20.7 Å². The van der Waals surface area contributed by atoms with Crippen molar-refractivity contribution in [2.75, 3.05) is 33.6 Å². The number of ether oxygens (including phenoxy) is 4. The normalized spacial score (nSPS) is 30.0. The number of carbonyl (C=O) groups excluding carboxylic acids is 2. The van der Waals surface area contributed by atoms with Gasteiger partial charge >= 0.3 is 11.9 Å². The average molecular weight is 616 g/mol. The van der Waals surface area contributed by atoms with Gasteiger partial charge in [0, 0.05) is 41.0 Å². The van der Waals surface area contributed by atoms with Crippen molar-refractivity contribution in [3.8, 4) is 28.7 Å². The monoisotopic (exact) mass is 615 g/mol. The molecule has 0 amide bonds. The molecule has 4 aliphatic rings. The Morgan fingerprint density at radius 1 is 1.09 bits per heavy atom. The highest BCUT2D eigenvalue weighted by molar-refractivity contribution is 7.99. The van der Waals surface area contributed by atoms with Gasteiger partial charge < -0.3 is 40.0 Å². The van der Waals surface area contributed by atoms with Crippen molar-refractivity contribution in [2.24, 2.45) is 5.73 Å². The molecule has 2 saturated heterocycles. The van der Waals surface area contributed by atoms with E-state index in [2.05, 4.69) is 4.90 Å². The summed E-state index contributed by atoms with van der Waals surface area (Å²) >= 11 is 1.35. The van der Waals surface area contributed by atoms with E-state index in [1.165, 1.54) is 32.9 Å². The molecule has 7 atom stereocenters. The summed E-state index contributed by atoms with van der Waals surface area (Å²) in [6.45, 7) is 4.63. The molecule has 13 heteroatoms. The Labute approximate surface area is 253 Å². The lowest BCUT2D eigenvalue weighted by molar-refractivity contribution is -0.184. The maximum atomic E-state index is 12.8. The number of methoxy groups -OCH3 is 2. The van der Waals surface area contributed by atoms with Gasteiger partial charge in [0.05, 0.1) is 37.6 Å². The number of hydrogen-bond acceptors (Lipinski definition) is 13. The Kier molecular flexibility index (Phi) is 7.45. The van der Waals surface area contributed by atoms with E-state index in [1.54, 1.807) is 6.92 Å². The Morgan fingerprint density at radius 2 is 1.77 bits per heavy atom.